The fourth-order valence-corrected chi connectivity index (χ4v) is 6.74. The normalized spacial score (nSPS) is 11.8. The average Bonchev–Trinajstić information content (AvgIpc) is 3.13. The summed E-state index contributed by atoms with van der Waals surface area (Å²) in [5.41, 5.74) is 2.55. The number of para-hydroxylation sites is 2. The van der Waals surface area contributed by atoms with Crippen molar-refractivity contribution in [1.29, 1.82) is 0 Å². The molecule has 0 fully saturated rings. The Kier molecular flexibility index (Phi) is 26.4. The van der Waals surface area contributed by atoms with Crippen LogP contribution in [0.5, 0.6) is 0 Å². The van der Waals surface area contributed by atoms with Crippen LogP contribution in [0.1, 0.15) is 13.8 Å². The smallest absolute Gasteiger partial charge is 0.753 e. The van der Waals surface area contributed by atoms with Crippen molar-refractivity contribution in [3.63, 3.8) is 0 Å². The van der Waals surface area contributed by atoms with Gasteiger partial charge in [0, 0.05) is 22.2 Å². The number of pyridine rings is 2. The molecule has 6 rings (SSSR count). The van der Waals surface area contributed by atoms with Gasteiger partial charge < -0.3 is 41.2 Å². The van der Waals surface area contributed by atoms with Gasteiger partial charge in [0.05, 0.1) is 62.4 Å². The Morgan fingerprint density at radius 3 is 1.15 bits per heavy atom. The van der Waals surface area contributed by atoms with Crippen molar-refractivity contribution in [3.05, 3.63) is 107 Å². The Morgan fingerprint density at radius 2 is 0.849 bits per heavy atom. The first-order chi connectivity index (χ1) is 25.0. The molecule has 2 N–H and O–H groups in total. The van der Waals surface area contributed by atoms with Gasteiger partial charge in [0.25, 0.3) is 0 Å². The molecule has 0 unspecified atom stereocenters. The summed E-state index contributed by atoms with van der Waals surface area (Å²) in [5.74, 6) is 2.17. The molecule has 4 aromatic rings. The van der Waals surface area contributed by atoms with Crippen molar-refractivity contribution in [2.24, 2.45) is 0 Å². The van der Waals surface area contributed by atoms with E-state index in [2.05, 4.69) is 171 Å². The van der Waals surface area contributed by atoms with Gasteiger partial charge in [-0.15, -0.1) is 0 Å². The zero-order chi connectivity index (χ0) is 39.1. The number of likely N-dealkylation sites (N-methyl/N-ethyl adjacent to an activating group) is 2. The van der Waals surface area contributed by atoms with Crippen LogP contribution in [0.2, 0.25) is 0 Å². The molecule has 2 atom stereocenters. The molecule has 0 bridgehead atoms. The van der Waals surface area contributed by atoms with Gasteiger partial charge in [0.2, 0.25) is 0 Å². The summed E-state index contributed by atoms with van der Waals surface area (Å²) in [6.45, 7) is 6.51. The maximum atomic E-state index is 7.13. The predicted octanol–water partition coefficient (Wildman–Crippen LogP) is 7.07. The van der Waals surface area contributed by atoms with E-state index in [1.54, 1.807) is 0 Å². The van der Waals surface area contributed by atoms with Gasteiger partial charge in [-0.3, -0.25) is 0 Å². The van der Waals surface area contributed by atoms with Crippen LogP contribution in [-0.4, -0.2) is 84.0 Å². The molecule has 17 heteroatoms. The molecule has 0 spiro atoms. The van der Waals surface area contributed by atoms with E-state index >= 15 is 0 Å². The first kappa shape index (κ1) is 49.7. The third kappa shape index (κ3) is 16.3. The van der Waals surface area contributed by atoms with Crippen molar-refractivity contribution in [2.45, 2.75) is 45.5 Å². The van der Waals surface area contributed by atoms with E-state index in [1.807, 2.05) is 48.1 Å². The van der Waals surface area contributed by atoms with Crippen molar-refractivity contribution in [1.82, 2.24) is 9.97 Å². The molecular weight excluding hydrogens is 824 g/mol. The van der Waals surface area contributed by atoms with Crippen LogP contribution in [-0.2, 0) is 16.8 Å². The number of quaternary nitrogens is 2. The first-order valence-electron chi connectivity index (χ1n) is 15.6. The molecule has 2 aliphatic heterocycles. The molecular formula is C36H40CoN10S6. The van der Waals surface area contributed by atoms with E-state index in [0.29, 0.717) is 12.1 Å². The number of thiocarbonyl (C=S) groups is 4. The van der Waals surface area contributed by atoms with Crippen LogP contribution in [0.15, 0.2) is 105 Å². The van der Waals surface area contributed by atoms with Gasteiger partial charge >= 0.3 is 16.8 Å². The molecule has 2 aromatic heterocycles. The van der Waals surface area contributed by atoms with Crippen molar-refractivity contribution < 1.29 is 26.6 Å². The second-order valence-corrected chi connectivity index (χ2v) is 14.2. The number of hydrogen-bond donors (Lipinski definition) is 2. The van der Waals surface area contributed by atoms with Gasteiger partial charge in [-0.25, -0.2) is 9.97 Å². The van der Waals surface area contributed by atoms with Gasteiger partial charge in [-0.2, -0.15) is 20.6 Å². The fraction of sp³-hybridized carbons (Fsp3) is 0.278. The minimum Gasteiger partial charge on any atom is -0.753 e. The number of aromatic nitrogens is 2. The van der Waals surface area contributed by atoms with Gasteiger partial charge in [0.15, 0.2) is 0 Å². The summed E-state index contributed by atoms with van der Waals surface area (Å²) in [7, 11) is 8.81. The number of nitrogens with zero attached hydrogens (tertiary/aromatic N) is 8. The molecule has 279 valence electrons. The zero-order valence-electron chi connectivity index (χ0n) is 30.0. The number of isothiocyanates is 4. The standard InChI is InChI=1S/2C16H19N3S.4CNS.Co/c2*1-12(18(2)3)11-19-13-7-4-5-8-14(13)20-15-9-6-10-17-16(15)19;4*2-1-3;/h2*4-10,12H,11H2,1-3H3;;;;;/q;;4*-1;+2/p+2/t2*12-;;;;;/m00...../s1. The number of anilines is 4. The Labute approximate surface area is 353 Å². The Hall–Kier alpha value is -3.33. The molecule has 10 nitrogen and oxygen atoms in total. The van der Waals surface area contributed by atoms with E-state index in [0.717, 1.165) is 24.7 Å². The molecule has 53 heavy (non-hydrogen) atoms. The number of rotatable bonds is 6. The number of benzene rings is 2. The zero-order valence-corrected chi connectivity index (χ0v) is 36.0. The summed E-state index contributed by atoms with van der Waals surface area (Å²) in [6.07, 6.45) is 3.76. The second kappa shape index (κ2) is 28.2. The first-order valence-corrected chi connectivity index (χ1v) is 18.9. The third-order valence-corrected chi connectivity index (χ3v) is 9.86. The molecule has 2 aliphatic rings. The molecule has 0 amide bonds. The van der Waals surface area contributed by atoms with Crippen LogP contribution in [0.3, 0.4) is 0 Å². The van der Waals surface area contributed by atoms with Crippen LogP contribution in [0.4, 0.5) is 23.0 Å². The molecule has 1 radical (unpaired) electrons. The summed E-state index contributed by atoms with van der Waals surface area (Å²) >= 11 is 18.4. The molecule has 0 saturated carbocycles. The van der Waals surface area contributed by atoms with Gasteiger partial charge in [-0.05, 0) is 62.4 Å². The third-order valence-electron chi connectivity index (χ3n) is 7.65. The summed E-state index contributed by atoms with van der Waals surface area (Å²) < 4.78 is 0. The van der Waals surface area contributed by atoms with E-state index < -0.39 is 0 Å². The summed E-state index contributed by atoms with van der Waals surface area (Å²) in [6, 6.07) is 26.6. The monoisotopic (exact) mass is 863 g/mol. The van der Waals surface area contributed by atoms with Crippen molar-refractivity contribution in [2.75, 3.05) is 51.1 Å². The van der Waals surface area contributed by atoms with E-state index in [1.165, 1.54) is 61.4 Å². The summed E-state index contributed by atoms with van der Waals surface area (Å²) in [5, 5.41) is 33.9. The Morgan fingerprint density at radius 1 is 0.566 bits per heavy atom. The Bertz CT molecular complexity index is 1590. The van der Waals surface area contributed by atoms with Gasteiger partial charge in [0.1, 0.15) is 23.7 Å². The number of nitrogens with one attached hydrogen (secondary N) is 2. The van der Waals surface area contributed by atoms with Crippen molar-refractivity contribution in [3.8, 4) is 0 Å². The fourth-order valence-electron chi connectivity index (χ4n) is 4.61. The molecule has 4 heterocycles. The van der Waals surface area contributed by atoms with E-state index in [4.69, 9.17) is 21.6 Å². The SMILES string of the molecule is C[C@@H](CN1c2ccccc2Sc2cccnc21)[NH+](C)C.C[C@@H](CN1c2ccccc2Sc2cccnc21)[NH+](C)C.[Co+2].[N-]=C=S.[N-]=C=S.[N-]=C=S.[N-]=C=S. The van der Waals surface area contributed by atoms with Crippen LogP contribution >= 0.6 is 72.4 Å². The van der Waals surface area contributed by atoms with Crippen molar-refractivity contribution >= 4 is 116 Å². The van der Waals surface area contributed by atoms with Crippen LogP contribution in [0.25, 0.3) is 21.6 Å². The maximum Gasteiger partial charge on any atom is 2.00 e. The van der Waals surface area contributed by atoms with E-state index in [9.17, 15) is 0 Å². The quantitative estimate of drug-likeness (QED) is 0.154. The molecule has 0 aliphatic carbocycles. The summed E-state index contributed by atoms with van der Waals surface area (Å²) in [4.78, 5) is 22.0. The van der Waals surface area contributed by atoms with Gasteiger partial charge in [-0.1, -0.05) is 96.7 Å². The minimum atomic E-state index is 0. The second-order valence-electron chi connectivity index (χ2n) is 11.3. The van der Waals surface area contributed by atoms with Crippen LogP contribution < -0.4 is 19.6 Å². The molecule has 0 saturated heterocycles. The van der Waals surface area contributed by atoms with E-state index in [-0.39, 0.29) is 16.8 Å². The van der Waals surface area contributed by atoms with Crippen LogP contribution in [0, 0.1) is 0 Å². The Balaban J connectivity index is 0.000000777. The number of fused-ring (bicyclic) bond motifs is 4. The molecule has 2 aromatic carbocycles. The number of hydrogen-bond acceptors (Lipinski definition) is 10. The minimum absolute atomic E-state index is 0. The maximum absolute atomic E-state index is 7.13. The topological polar surface area (TPSA) is 130 Å². The predicted molar refractivity (Wildman–Crippen MR) is 232 cm³/mol. The largest absolute Gasteiger partial charge is 2.00 e. The average molecular weight is 864 g/mol.